The second-order valence-electron chi connectivity index (χ2n) is 3.21. The van der Waals surface area contributed by atoms with E-state index in [4.69, 9.17) is 0 Å². The Morgan fingerprint density at radius 1 is 1.50 bits per heavy atom. The highest BCUT2D eigenvalue weighted by atomic mass is 79.9. The molecule has 16 heavy (non-hydrogen) atoms. The third-order valence-corrected chi connectivity index (χ3v) is 3.44. The highest BCUT2D eigenvalue weighted by Gasteiger charge is 2.18. The van der Waals surface area contributed by atoms with Gasteiger partial charge < -0.3 is 5.32 Å². The normalized spacial score (nSPS) is 12.7. The Morgan fingerprint density at radius 2 is 2.31 bits per heavy atom. The molecule has 0 radical (unpaired) electrons. The van der Waals surface area contributed by atoms with Crippen molar-refractivity contribution in [1.82, 2.24) is 14.9 Å². The minimum absolute atomic E-state index is 0.211. The minimum Gasteiger partial charge on any atom is -0.308 e. The lowest BCUT2D eigenvalue weighted by Crippen LogP contribution is -2.17. The van der Waals surface area contributed by atoms with Gasteiger partial charge in [0.15, 0.2) is 0 Å². The van der Waals surface area contributed by atoms with Gasteiger partial charge in [0, 0.05) is 10.0 Å². The summed E-state index contributed by atoms with van der Waals surface area (Å²) in [6, 6.07) is 4.67. The number of aromatic nitrogens is 2. The summed E-state index contributed by atoms with van der Waals surface area (Å²) in [6.45, 7) is 0. The third kappa shape index (κ3) is 2.28. The van der Waals surface area contributed by atoms with Crippen LogP contribution in [0.5, 0.6) is 0 Å². The molecular weight excluding hydrogens is 293 g/mol. The van der Waals surface area contributed by atoms with Gasteiger partial charge in [0.1, 0.15) is 5.82 Å². The molecule has 3 nitrogen and oxygen atoms in total. The van der Waals surface area contributed by atoms with Crippen LogP contribution >= 0.6 is 27.5 Å². The van der Waals surface area contributed by atoms with Gasteiger partial charge in [-0.05, 0) is 36.8 Å². The van der Waals surface area contributed by atoms with Crippen LogP contribution in [-0.4, -0.2) is 16.6 Å². The van der Waals surface area contributed by atoms with Crippen LogP contribution in [0.4, 0.5) is 4.39 Å². The molecule has 1 aromatic carbocycles. The van der Waals surface area contributed by atoms with Crippen LogP contribution in [0.3, 0.4) is 0 Å². The van der Waals surface area contributed by atoms with Crippen molar-refractivity contribution in [2.45, 2.75) is 6.04 Å². The molecule has 0 aliphatic rings. The second-order valence-corrected chi connectivity index (χ2v) is 4.94. The summed E-state index contributed by atoms with van der Waals surface area (Å²) in [7, 11) is 1.78. The van der Waals surface area contributed by atoms with E-state index < -0.39 is 0 Å². The molecule has 0 fully saturated rings. The highest BCUT2D eigenvalue weighted by Crippen LogP contribution is 2.27. The summed E-state index contributed by atoms with van der Waals surface area (Å²) in [5.41, 5.74) is 0.586. The van der Waals surface area contributed by atoms with Crippen LogP contribution in [0.25, 0.3) is 0 Å². The Balaban J connectivity index is 2.44. The quantitative estimate of drug-likeness (QED) is 0.947. The molecule has 0 spiro atoms. The predicted octanol–water partition coefficient (Wildman–Crippen LogP) is 2.75. The lowest BCUT2D eigenvalue weighted by atomic mass is 10.1. The van der Waals surface area contributed by atoms with Gasteiger partial charge in [-0.3, -0.25) is 0 Å². The van der Waals surface area contributed by atoms with Crippen LogP contribution in [0.15, 0.2) is 28.9 Å². The molecule has 2 rings (SSSR count). The predicted molar refractivity (Wildman–Crippen MR) is 64.9 cm³/mol. The molecule has 0 bridgehead atoms. The number of halogens is 2. The zero-order valence-corrected chi connectivity index (χ0v) is 10.8. The SMILES string of the molecule is CNC(c1cnns1)c1cc(Br)ccc1F. The molecule has 0 aliphatic heterocycles. The van der Waals surface area contributed by atoms with E-state index in [2.05, 4.69) is 30.8 Å². The molecule has 1 N–H and O–H groups in total. The van der Waals surface area contributed by atoms with Crippen molar-refractivity contribution in [2.24, 2.45) is 0 Å². The molecular formula is C10H9BrFN3S. The van der Waals surface area contributed by atoms with Crippen molar-refractivity contribution in [3.05, 3.63) is 45.1 Å². The molecule has 1 unspecified atom stereocenters. The van der Waals surface area contributed by atoms with Crippen LogP contribution in [-0.2, 0) is 0 Å². The van der Waals surface area contributed by atoms with Gasteiger partial charge in [0.2, 0.25) is 0 Å². The van der Waals surface area contributed by atoms with Gasteiger partial charge >= 0.3 is 0 Å². The summed E-state index contributed by atoms with van der Waals surface area (Å²) < 4.78 is 18.3. The average Bonchev–Trinajstić information content (AvgIpc) is 2.78. The van der Waals surface area contributed by atoms with Crippen molar-refractivity contribution in [3.63, 3.8) is 0 Å². The van der Waals surface area contributed by atoms with Gasteiger partial charge in [-0.1, -0.05) is 20.4 Å². The molecule has 0 aliphatic carbocycles. The molecule has 1 atom stereocenters. The summed E-state index contributed by atoms with van der Waals surface area (Å²) in [5.74, 6) is -0.240. The fourth-order valence-electron chi connectivity index (χ4n) is 1.49. The van der Waals surface area contributed by atoms with Crippen molar-refractivity contribution in [3.8, 4) is 0 Å². The first-order chi connectivity index (χ1) is 7.72. The molecule has 0 saturated carbocycles. The summed E-state index contributed by atoms with van der Waals surface area (Å²) in [4.78, 5) is 0.888. The first-order valence-electron chi connectivity index (χ1n) is 4.62. The maximum absolute atomic E-state index is 13.7. The molecule has 0 saturated heterocycles. The van der Waals surface area contributed by atoms with Gasteiger partial charge in [0.25, 0.3) is 0 Å². The Morgan fingerprint density at radius 3 is 2.94 bits per heavy atom. The van der Waals surface area contributed by atoms with Gasteiger partial charge in [-0.15, -0.1) is 5.10 Å². The maximum atomic E-state index is 13.7. The largest absolute Gasteiger partial charge is 0.308 e. The number of benzene rings is 1. The minimum atomic E-state index is -0.240. The zero-order chi connectivity index (χ0) is 11.5. The number of rotatable bonds is 3. The van der Waals surface area contributed by atoms with E-state index in [1.165, 1.54) is 17.6 Å². The molecule has 0 amide bonds. The van der Waals surface area contributed by atoms with Crippen molar-refractivity contribution in [1.29, 1.82) is 0 Å². The van der Waals surface area contributed by atoms with E-state index in [0.29, 0.717) is 5.56 Å². The molecule has 1 heterocycles. The smallest absolute Gasteiger partial charge is 0.128 e. The third-order valence-electron chi connectivity index (χ3n) is 2.22. The monoisotopic (exact) mass is 301 g/mol. The average molecular weight is 302 g/mol. The van der Waals surface area contributed by atoms with E-state index in [-0.39, 0.29) is 11.9 Å². The maximum Gasteiger partial charge on any atom is 0.128 e. The van der Waals surface area contributed by atoms with Gasteiger partial charge in [-0.2, -0.15) is 0 Å². The highest BCUT2D eigenvalue weighted by molar-refractivity contribution is 9.10. The first kappa shape index (κ1) is 11.6. The van der Waals surface area contributed by atoms with Crippen LogP contribution in [0.2, 0.25) is 0 Å². The van der Waals surface area contributed by atoms with Crippen LogP contribution in [0, 0.1) is 5.82 Å². The van der Waals surface area contributed by atoms with E-state index in [1.54, 1.807) is 25.4 Å². The molecule has 1 aromatic heterocycles. The Labute approximate surface area is 105 Å². The molecule has 2 aromatic rings. The lowest BCUT2D eigenvalue weighted by molar-refractivity contribution is 0.578. The van der Waals surface area contributed by atoms with Gasteiger partial charge in [-0.25, -0.2) is 4.39 Å². The summed E-state index contributed by atoms with van der Waals surface area (Å²) >= 11 is 4.59. The van der Waals surface area contributed by atoms with Crippen molar-refractivity contribution in [2.75, 3.05) is 7.05 Å². The number of nitrogens with zero attached hydrogens (tertiary/aromatic N) is 2. The van der Waals surface area contributed by atoms with E-state index in [0.717, 1.165) is 9.35 Å². The molecule has 6 heteroatoms. The first-order valence-corrected chi connectivity index (χ1v) is 6.18. The standard InChI is InChI=1S/C10H9BrFN3S/c1-13-10(9-5-14-15-16-9)7-4-6(11)2-3-8(7)12/h2-5,10,13H,1H3. The van der Waals surface area contributed by atoms with E-state index in [9.17, 15) is 4.39 Å². The summed E-state index contributed by atoms with van der Waals surface area (Å²) in [5, 5.41) is 6.82. The topological polar surface area (TPSA) is 37.8 Å². The van der Waals surface area contributed by atoms with Crippen LogP contribution < -0.4 is 5.32 Å². The fraction of sp³-hybridized carbons (Fsp3) is 0.200. The van der Waals surface area contributed by atoms with Crippen LogP contribution in [0.1, 0.15) is 16.5 Å². The Kier molecular flexibility index (Phi) is 3.63. The zero-order valence-electron chi connectivity index (χ0n) is 8.45. The lowest BCUT2D eigenvalue weighted by Gasteiger charge is -2.15. The Hall–Kier alpha value is -0.850. The number of nitrogens with one attached hydrogen (secondary N) is 1. The van der Waals surface area contributed by atoms with Crippen molar-refractivity contribution >= 4 is 27.5 Å². The number of hydrogen-bond donors (Lipinski definition) is 1. The molecule has 84 valence electrons. The number of hydrogen-bond acceptors (Lipinski definition) is 4. The second kappa shape index (κ2) is 4.99. The van der Waals surface area contributed by atoms with E-state index in [1.807, 2.05) is 0 Å². The Bertz CT molecular complexity index is 475. The van der Waals surface area contributed by atoms with E-state index >= 15 is 0 Å². The fourth-order valence-corrected chi connectivity index (χ4v) is 2.50. The summed E-state index contributed by atoms with van der Waals surface area (Å²) in [6.07, 6.45) is 1.65. The van der Waals surface area contributed by atoms with Crippen molar-refractivity contribution < 1.29 is 4.39 Å². The van der Waals surface area contributed by atoms with Gasteiger partial charge in [0.05, 0.1) is 17.1 Å².